The average Bonchev–Trinajstić information content (AvgIpc) is 3.02. The van der Waals surface area contributed by atoms with Gasteiger partial charge in [-0.05, 0) is 37.6 Å². The first-order valence-electron chi connectivity index (χ1n) is 8.45. The van der Waals surface area contributed by atoms with Crippen LogP contribution in [0.15, 0.2) is 53.1 Å². The van der Waals surface area contributed by atoms with Crippen LogP contribution in [0.2, 0.25) is 0 Å². The fourth-order valence-corrected chi connectivity index (χ4v) is 2.69. The molecule has 3 aromatic rings. The fraction of sp³-hybridized carbons (Fsp3) is 0.190. The van der Waals surface area contributed by atoms with Gasteiger partial charge in [-0.2, -0.15) is 0 Å². The topological polar surface area (TPSA) is 85.6 Å². The molecule has 27 heavy (non-hydrogen) atoms. The number of carbonyl (C=O) groups excluding carboxylic acids is 3. The third kappa shape index (κ3) is 4.61. The van der Waals surface area contributed by atoms with Crippen molar-refractivity contribution in [2.75, 3.05) is 11.9 Å². The lowest BCUT2D eigenvalue weighted by Gasteiger charge is -2.07. The number of hydrogen-bond donors (Lipinski definition) is 1. The second kappa shape index (κ2) is 7.86. The molecule has 1 amide bonds. The van der Waals surface area contributed by atoms with E-state index in [4.69, 9.17) is 9.15 Å². The van der Waals surface area contributed by atoms with Gasteiger partial charge in [-0.3, -0.25) is 14.4 Å². The second-order valence-corrected chi connectivity index (χ2v) is 6.28. The number of benzene rings is 2. The average molecular weight is 365 g/mol. The molecule has 0 fully saturated rings. The number of anilines is 1. The number of hydrogen-bond acceptors (Lipinski definition) is 5. The van der Waals surface area contributed by atoms with Crippen molar-refractivity contribution in [3.63, 3.8) is 0 Å². The number of nitrogens with one attached hydrogen (secondary N) is 1. The summed E-state index contributed by atoms with van der Waals surface area (Å²) in [5, 5.41) is 3.45. The molecule has 0 bridgehead atoms. The van der Waals surface area contributed by atoms with Crippen LogP contribution in [-0.4, -0.2) is 24.3 Å². The molecule has 138 valence electrons. The molecule has 0 spiro atoms. The molecule has 0 radical (unpaired) electrons. The summed E-state index contributed by atoms with van der Waals surface area (Å²) in [6.45, 7) is 3.00. The van der Waals surface area contributed by atoms with Crippen molar-refractivity contribution in [2.24, 2.45) is 0 Å². The van der Waals surface area contributed by atoms with Gasteiger partial charge in [0.1, 0.15) is 5.58 Å². The lowest BCUT2D eigenvalue weighted by molar-refractivity contribution is -0.146. The highest BCUT2D eigenvalue weighted by Crippen LogP contribution is 2.23. The van der Waals surface area contributed by atoms with Crippen LogP contribution < -0.4 is 5.32 Å². The van der Waals surface area contributed by atoms with Gasteiger partial charge in [0, 0.05) is 22.2 Å². The molecular formula is C21H19NO5. The van der Waals surface area contributed by atoms with E-state index in [1.807, 2.05) is 25.1 Å². The van der Waals surface area contributed by atoms with Gasteiger partial charge in [0.2, 0.25) is 0 Å². The Bertz CT molecular complexity index is 1020. The van der Waals surface area contributed by atoms with Gasteiger partial charge >= 0.3 is 5.97 Å². The Labute approximate surface area is 156 Å². The number of rotatable bonds is 6. The number of ether oxygens (including phenoxy) is 1. The van der Waals surface area contributed by atoms with Gasteiger partial charge < -0.3 is 14.5 Å². The maximum Gasteiger partial charge on any atom is 0.310 e. The Hall–Kier alpha value is -3.41. The van der Waals surface area contributed by atoms with Crippen molar-refractivity contribution in [3.05, 3.63) is 65.4 Å². The number of esters is 1. The molecule has 0 aliphatic rings. The number of fused-ring (bicyclic) bond motifs is 1. The highest BCUT2D eigenvalue weighted by atomic mass is 16.5. The molecule has 0 unspecified atom stereocenters. The molecule has 6 heteroatoms. The third-order valence-electron chi connectivity index (χ3n) is 4.06. The van der Waals surface area contributed by atoms with Crippen molar-refractivity contribution in [1.82, 2.24) is 0 Å². The van der Waals surface area contributed by atoms with Gasteiger partial charge in [-0.15, -0.1) is 0 Å². The molecule has 2 aromatic carbocycles. The van der Waals surface area contributed by atoms with Crippen LogP contribution in [0.4, 0.5) is 5.69 Å². The van der Waals surface area contributed by atoms with E-state index in [1.54, 1.807) is 24.3 Å². The smallest absolute Gasteiger partial charge is 0.310 e. The minimum absolute atomic E-state index is 0.0170. The summed E-state index contributed by atoms with van der Waals surface area (Å²) in [5.41, 5.74) is 3.45. The lowest BCUT2D eigenvalue weighted by Crippen LogP contribution is -2.21. The van der Waals surface area contributed by atoms with E-state index in [0.717, 1.165) is 10.9 Å². The van der Waals surface area contributed by atoms with Crippen LogP contribution in [-0.2, 0) is 20.7 Å². The molecule has 1 N–H and O–H groups in total. The van der Waals surface area contributed by atoms with Crippen LogP contribution in [0.25, 0.3) is 11.0 Å². The summed E-state index contributed by atoms with van der Waals surface area (Å²) in [7, 11) is 0. The van der Waals surface area contributed by atoms with Crippen LogP contribution in [0, 0.1) is 6.92 Å². The molecule has 1 aromatic heterocycles. The summed E-state index contributed by atoms with van der Waals surface area (Å²) in [5.74, 6) is -1.09. The van der Waals surface area contributed by atoms with Gasteiger partial charge in [-0.1, -0.05) is 24.3 Å². The summed E-state index contributed by atoms with van der Waals surface area (Å²) in [6, 6.07) is 12.3. The highest BCUT2D eigenvalue weighted by Gasteiger charge is 2.13. The molecule has 0 saturated heterocycles. The maximum absolute atomic E-state index is 12.0. The zero-order valence-corrected chi connectivity index (χ0v) is 15.1. The van der Waals surface area contributed by atoms with E-state index >= 15 is 0 Å². The van der Waals surface area contributed by atoms with Crippen LogP contribution in [0.5, 0.6) is 0 Å². The second-order valence-electron chi connectivity index (χ2n) is 6.28. The van der Waals surface area contributed by atoms with Crippen LogP contribution in [0.3, 0.4) is 0 Å². The number of amides is 1. The van der Waals surface area contributed by atoms with E-state index in [-0.39, 0.29) is 12.2 Å². The van der Waals surface area contributed by atoms with Crippen LogP contribution in [0.1, 0.15) is 28.4 Å². The first-order valence-corrected chi connectivity index (χ1v) is 8.45. The van der Waals surface area contributed by atoms with E-state index in [0.29, 0.717) is 22.4 Å². The monoisotopic (exact) mass is 365 g/mol. The van der Waals surface area contributed by atoms with E-state index in [1.165, 1.54) is 13.2 Å². The quantitative estimate of drug-likeness (QED) is 0.532. The summed E-state index contributed by atoms with van der Waals surface area (Å²) in [4.78, 5) is 35.4. The van der Waals surface area contributed by atoms with Crippen molar-refractivity contribution in [3.8, 4) is 0 Å². The SMILES string of the molecule is CC(=O)c1cccc(NC(=O)COC(=O)Cc2coc3cc(C)ccc23)c1. The maximum atomic E-state index is 12.0. The number of Topliss-reactive ketones (excluding diaryl/α,β-unsaturated/α-hetero) is 1. The first kappa shape index (κ1) is 18.4. The van der Waals surface area contributed by atoms with Gasteiger partial charge in [0.15, 0.2) is 12.4 Å². The Morgan fingerprint density at radius 3 is 2.70 bits per heavy atom. The zero-order chi connectivity index (χ0) is 19.4. The zero-order valence-electron chi connectivity index (χ0n) is 15.1. The highest BCUT2D eigenvalue weighted by molar-refractivity contribution is 5.97. The van der Waals surface area contributed by atoms with Gasteiger partial charge in [0.25, 0.3) is 5.91 Å². The molecule has 0 saturated carbocycles. The van der Waals surface area contributed by atoms with E-state index < -0.39 is 18.5 Å². The molecule has 1 heterocycles. The van der Waals surface area contributed by atoms with Crippen molar-refractivity contribution < 1.29 is 23.5 Å². The fourth-order valence-electron chi connectivity index (χ4n) is 2.69. The van der Waals surface area contributed by atoms with Gasteiger partial charge in [0.05, 0.1) is 12.7 Å². The largest absolute Gasteiger partial charge is 0.464 e. The van der Waals surface area contributed by atoms with E-state index in [2.05, 4.69) is 5.32 Å². The number of aryl methyl sites for hydroxylation is 1. The Balaban J connectivity index is 1.54. The Morgan fingerprint density at radius 1 is 1.11 bits per heavy atom. The standard InChI is InChI=1S/C21H19NO5/c1-13-6-7-18-16(11-26-19(18)8-13)10-21(25)27-12-20(24)22-17-5-3-4-15(9-17)14(2)23/h3-9,11H,10,12H2,1-2H3,(H,22,24). The van der Waals surface area contributed by atoms with Gasteiger partial charge in [-0.25, -0.2) is 0 Å². The lowest BCUT2D eigenvalue weighted by atomic mass is 10.1. The minimum Gasteiger partial charge on any atom is -0.464 e. The number of furan rings is 1. The van der Waals surface area contributed by atoms with Crippen molar-refractivity contribution >= 4 is 34.3 Å². The third-order valence-corrected chi connectivity index (χ3v) is 4.06. The van der Waals surface area contributed by atoms with Crippen molar-refractivity contribution in [1.29, 1.82) is 0 Å². The number of ketones is 1. The predicted molar refractivity (Wildman–Crippen MR) is 101 cm³/mol. The molecule has 0 aliphatic carbocycles. The first-order chi connectivity index (χ1) is 12.9. The predicted octanol–water partition coefficient (Wildman–Crippen LogP) is 3.67. The molecule has 0 aliphatic heterocycles. The number of carbonyl (C=O) groups is 3. The molecule has 0 atom stereocenters. The summed E-state index contributed by atoms with van der Waals surface area (Å²) >= 11 is 0. The van der Waals surface area contributed by atoms with E-state index in [9.17, 15) is 14.4 Å². The molecule has 3 rings (SSSR count). The Kier molecular flexibility index (Phi) is 5.35. The normalized spacial score (nSPS) is 10.6. The Morgan fingerprint density at radius 2 is 1.93 bits per heavy atom. The molecule has 6 nitrogen and oxygen atoms in total. The van der Waals surface area contributed by atoms with Crippen LogP contribution >= 0.6 is 0 Å². The van der Waals surface area contributed by atoms with Crippen molar-refractivity contribution in [2.45, 2.75) is 20.3 Å². The summed E-state index contributed by atoms with van der Waals surface area (Å²) < 4.78 is 10.5. The molecular weight excluding hydrogens is 346 g/mol. The minimum atomic E-state index is -0.522. The summed E-state index contributed by atoms with van der Waals surface area (Å²) in [6.07, 6.45) is 1.54.